The highest BCUT2D eigenvalue weighted by Crippen LogP contribution is 2.15. The van der Waals surface area contributed by atoms with Crippen LogP contribution < -0.4 is 5.32 Å². The van der Waals surface area contributed by atoms with Crippen molar-refractivity contribution < 1.29 is 13.6 Å². The van der Waals surface area contributed by atoms with E-state index < -0.39 is 11.6 Å². The second-order valence-corrected chi connectivity index (χ2v) is 4.20. The highest BCUT2D eigenvalue weighted by Gasteiger charge is 2.08. The molecule has 1 amide bonds. The number of halogens is 2. The van der Waals surface area contributed by atoms with Gasteiger partial charge < -0.3 is 5.32 Å². The molecule has 0 aliphatic carbocycles. The molecule has 1 aromatic heterocycles. The predicted molar refractivity (Wildman–Crippen MR) is 66.6 cm³/mol. The van der Waals surface area contributed by atoms with Crippen LogP contribution in [-0.2, 0) is 11.3 Å². The molecule has 2 rings (SSSR count). The van der Waals surface area contributed by atoms with Crippen LogP contribution in [0.15, 0.2) is 30.6 Å². The average molecular weight is 265 g/mol. The van der Waals surface area contributed by atoms with Gasteiger partial charge in [-0.2, -0.15) is 5.10 Å². The SMILES string of the molecule is Cc1cnn(CCC(=O)Nc2ccc(F)cc2F)c1. The van der Waals surface area contributed by atoms with Crippen molar-refractivity contribution in [2.24, 2.45) is 0 Å². The summed E-state index contributed by atoms with van der Waals surface area (Å²) in [6.07, 6.45) is 3.67. The van der Waals surface area contributed by atoms with Crippen molar-refractivity contribution in [1.82, 2.24) is 9.78 Å². The van der Waals surface area contributed by atoms with E-state index in [1.54, 1.807) is 10.9 Å². The van der Waals surface area contributed by atoms with Crippen LogP contribution in [0.25, 0.3) is 0 Å². The van der Waals surface area contributed by atoms with Gasteiger partial charge >= 0.3 is 0 Å². The van der Waals surface area contributed by atoms with Crippen molar-refractivity contribution in [2.75, 3.05) is 5.32 Å². The monoisotopic (exact) mass is 265 g/mol. The zero-order chi connectivity index (χ0) is 13.8. The van der Waals surface area contributed by atoms with Crippen molar-refractivity contribution in [3.8, 4) is 0 Å². The number of anilines is 1. The Morgan fingerprint density at radius 3 is 2.84 bits per heavy atom. The van der Waals surface area contributed by atoms with Gasteiger partial charge in [-0.3, -0.25) is 9.48 Å². The standard InChI is InChI=1S/C13H13F2N3O/c1-9-7-16-18(8-9)5-4-13(19)17-12-3-2-10(14)6-11(12)15/h2-3,6-8H,4-5H2,1H3,(H,17,19). The van der Waals surface area contributed by atoms with E-state index in [1.807, 2.05) is 13.1 Å². The van der Waals surface area contributed by atoms with E-state index >= 15 is 0 Å². The minimum absolute atomic E-state index is 0.0250. The fourth-order valence-electron chi connectivity index (χ4n) is 1.61. The maximum absolute atomic E-state index is 13.3. The van der Waals surface area contributed by atoms with Crippen LogP contribution in [0.5, 0.6) is 0 Å². The quantitative estimate of drug-likeness (QED) is 0.923. The van der Waals surface area contributed by atoms with Gasteiger partial charge in [0.1, 0.15) is 11.6 Å². The minimum atomic E-state index is -0.789. The summed E-state index contributed by atoms with van der Waals surface area (Å²) in [6.45, 7) is 2.31. The first-order valence-corrected chi connectivity index (χ1v) is 5.78. The molecular formula is C13H13F2N3O. The molecule has 0 aliphatic rings. The van der Waals surface area contributed by atoms with Crippen LogP contribution in [0.2, 0.25) is 0 Å². The maximum atomic E-state index is 13.3. The van der Waals surface area contributed by atoms with E-state index in [0.29, 0.717) is 6.54 Å². The summed E-state index contributed by atoms with van der Waals surface area (Å²) in [5, 5.41) is 6.43. The summed E-state index contributed by atoms with van der Waals surface area (Å²) >= 11 is 0. The molecule has 0 aliphatic heterocycles. The van der Waals surface area contributed by atoms with Gasteiger partial charge in [0.2, 0.25) is 5.91 Å². The average Bonchev–Trinajstić information content (AvgIpc) is 2.76. The minimum Gasteiger partial charge on any atom is -0.324 e. The van der Waals surface area contributed by atoms with Crippen LogP contribution in [0.3, 0.4) is 0 Å². The van der Waals surface area contributed by atoms with Gasteiger partial charge in [-0.15, -0.1) is 0 Å². The van der Waals surface area contributed by atoms with Gasteiger partial charge in [-0.1, -0.05) is 0 Å². The predicted octanol–water partition coefficient (Wildman–Crippen LogP) is 2.50. The number of aromatic nitrogens is 2. The zero-order valence-corrected chi connectivity index (χ0v) is 10.4. The summed E-state index contributed by atoms with van der Waals surface area (Å²) in [5.74, 6) is -1.82. The molecule has 19 heavy (non-hydrogen) atoms. The Morgan fingerprint density at radius 2 is 2.21 bits per heavy atom. The summed E-state index contributed by atoms with van der Waals surface area (Å²) < 4.78 is 27.6. The zero-order valence-electron chi connectivity index (χ0n) is 10.4. The van der Waals surface area contributed by atoms with Gasteiger partial charge in [0.25, 0.3) is 0 Å². The highest BCUT2D eigenvalue weighted by atomic mass is 19.1. The molecular weight excluding hydrogens is 252 g/mol. The van der Waals surface area contributed by atoms with Crippen molar-refractivity contribution in [3.05, 3.63) is 47.8 Å². The Kier molecular flexibility index (Phi) is 3.89. The Hall–Kier alpha value is -2.24. The van der Waals surface area contributed by atoms with E-state index in [0.717, 1.165) is 17.7 Å². The van der Waals surface area contributed by atoms with Crippen molar-refractivity contribution in [3.63, 3.8) is 0 Å². The van der Waals surface area contributed by atoms with Gasteiger partial charge in [0.05, 0.1) is 11.9 Å². The molecule has 0 atom stereocenters. The number of hydrogen-bond donors (Lipinski definition) is 1. The number of carbonyl (C=O) groups excluding carboxylic acids is 1. The number of rotatable bonds is 4. The number of carbonyl (C=O) groups is 1. The summed E-state index contributed by atoms with van der Waals surface area (Å²) in [4.78, 5) is 11.6. The third-order valence-electron chi connectivity index (χ3n) is 2.54. The first-order valence-electron chi connectivity index (χ1n) is 5.78. The molecule has 1 N–H and O–H groups in total. The van der Waals surface area contributed by atoms with E-state index in [4.69, 9.17) is 0 Å². The summed E-state index contributed by atoms with van der Waals surface area (Å²) in [5.41, 5.74) is 0.980. The van der Waals surface area contributed by atoms with Gasteiger partial charge in [-0.05, 0) is 24.6 Å². The van der Waals surface area contributed by atoms with Crippen LogP contribution in [0, 0.1) is 18.6 Å². The lowest BCUT2D eigenvalue weighted by Crippen LogP contribution is -2.15. The third-order valence-corrected chi connectivity index (χ3v) is 2.54. The first-order chi connectivity index (χ1) is 9.04. The molecule has 0 fully saturated rings. The van der Waals surface area contributed by atoms with Crippen LogP contribution >= 0.6 is 0 Å². The lowest BCUT2D eigenvalue weighted by Gasteiger charge is -2.06. The van der Waals surface area contributed by atoms with Crippen molar-refractivity contribution in [2.45, 2.75) is 19.9 Å². The highest BCUT2D eigenvalue weighted by molar-refractivity contribution is 5.90. The van der Waals surface area contributed by atoms with Gasteiger partial charge in [0.15, 0.2) is 0 Å². The Balaban J connectivity index is 1.90. The number of benzene rings is 1. The number of amides is 1. The van der Waals surface area contributed by atoms with Crippen LogP contribution in [-0.4, -0.2) is 15.7 Å². The fraction of sp³-hybridized carbons (Fsp3) is 0.231. The Bertz CT molecular complexity index is 595. The van der Waals surface area contributed by atoms with Crippen molar-refractivity contribution in [1.29, 1.82) is 0 Å². The lowest BCUT2D eigenvalue weighted by atomic mass is 10.3. The molecule has 4 nitrogen and oxygen atoms in total. The van der Waals surface area contributed by atoms with Gasteiger partial charge in [0, 0.05) is 25.2 Å². The van der Waals surface area contributed by atoms with Crippen LogP contribution in [0.4, 0.5) is 14.5 Å². The number of hydrogen-bond acceptors (Lipinski definition) is 2. The summed E-state index contributed by atoms with van der Waals surface area (Å²) in [6, 6.07) is 3.02. The molecule has 0 spiro atoms. The molecule has 100 valence electrons. The van der Waals surface area contributed by atoms with Crippen LogP contribution in [0.1, 0.15) is 12.0 Å². The third kappa shape index (κ3) is 3.61. The van der Waals surface area contributed by atoms with E-state index in [-0.39, 0.29) is 18.0 Å². The molecule has 2 aromatic rings. The normalized spacial score (nSPS) is 10.5. The number of nitrogens with one attached hydrogen (secondary N) is 1. The number of aryl methyl sites for hydroxylation is 2. The Morgan fingerprint density at radius 1 is 1.42 bits per heavy atom. The van der Waals surface area contributed by atoms with E-state index in [2.05, 4.69) is 10.4 Å². The second kappa shape index (κ2) is 5.60. The second-order valence-electron chi connectivity index (χ2n) is 4.20. The Labute approximate surface area is 109 Å². The van der Waals surface area contributed by atoms with Gasteiger partial charge in [-0.25, -0.2) is 8.78 Å². The first kappa shape index (κ1) is 13.2. The number of nitrogens with zero attached hydrogens (tertiary/aromatic N) is 2. The lowest BCUT2D eigenvalue weighted by molar-refractivity contribution is -0.116. The topological polar surface area (TPSA) is 46.9 Å². The molecule has 6 heteroatoms. The van der Waals surface area contributed by atoms with E-state index in [9.17, 15) is 13.6 Å². The molecule has 0 saturated heterocycles. The van der Waals surface area contributed by atoms with E-state index in [1.165, 1.54) is 6.07 Å². The fourth-order valence-corrected chi connectivity index (χ4v) is 1.61. The smallest absolute Gasteiger partial charge is 0.226 e. The molecule has 0 unspecified atom stereocenters. The maximum Gasteiger partial charge on any atom is 0.226 e. The van der Waals surface area contributed by atoms with Crippen molar-refractivity contribution >= 4 is 11.6 Å². The molecule has 0 bridgehead atoms. The molecule has 1 aromatic carbocycles. The molecule has 0 saturated carbocycles. The summed E-state index contributed by atoms with van der Waals surface area (Å²) in [7, 11) is 0. The molecule has 0 radical (unpaired) electrons. The largest absolute Gasteiger partial charge is 0.324 e. The molecule has 1 heterocycles.